The van der Waals surface area contributed by atoms with Gasteiger partial charge in [-0.15, -0.1) is 11.6 Å². The first-order valence-electron chi connectivity index (χ1n) is 5.39. The lowest BCUT2D eigenvalue weighted by molar-refractivity contribution is 1.05. The number of pyridine rings is 1. The molecule has 0 radical (unpaired) electrons. The van der Waals surface area contributed by atoms with Crippen LogP contribution >= 0.6 is 38.9 Å². The van der Waals surface area contributed by atoms with Crippen LogP contribution in [0, 0.1) is 13.8 Å². The third-order valence-corrected chi connectivity index (χ3v) is 4.54. The molecule has 3 rings (SSSR count). The van der Waals surface area contributed by atoms with Crippen LogP contribution in [0.15, 0.2) is 10.7 Å². The van der Waals surface area contributed by atoms with Gasteiger partial charge in [0.25, 0.3) is 0 Å². The lowest BCUT2D eigenvalue weighted by Gasteiger charge is -2.01. The summed E-state index contributed by atoms with van der Waals surface area (Å²) in [5.74, 6) is 0.950. The molecule has 3 heterocycles. The van der Waals surface area contributed by atoms with Crippen molar-refractivity contribution in [2.24, 2.45) is 0 Å². The van der Waals surface area contributed by atoms with Gasteiger partial charge in [-0.25, -0.2) is 15.0 Å². The van der Waals surface area contributed by atoms with Crippen LogP contribution < -0.4 is 0 Å². The number of nitrogens with zero attached hydrogens (tertiary/aromatic N) is 3. The molecule has 0 amide bonds. The maximum absolute atomic E-state index is 5.80. The highest BCUT2D eigenvalue weighted by atomic mass is 79.9. The quantitative estimate of drug-likeness (QED) is 0.487. The molecular formula is C12H9BrClN3S. The van der Waals surface area contributed by atoms with Crippen LogP contribution in [0.1, 0.15) is 17.1 Å². The van der Waals surface area contributed by atoms with E-state index < -0.39 is 0 Å². The number of rotatable bonds is 1. The average Bonchev–Trinajstić information content (AvgIpc) is 2.67. The molecule has 3 aromatic rings. The molecule has 0 saturated carbocycles. The fourth-order valence-corrected chi connectivity index (χ4v) is 4.10. The number of aryl methyl sites for hydroxylation is 2. The first kappa shape index (κ1) is 12.3. The maximum Gasteiger partial charge on any atom is 0.146 e. The maximum atomic E-state index is 5.80. The van der Waals surface area contributed by atoms with Gasteiger partial charge in [0.05, 0.1) is 11.3 Å². The van der Waals surface area contributed by atoms with Crippen molar-refractivity contribution in [3.63, 3.8) is 0 Å². The van der Waals surface area contributed by atoms with E-state index in [-0.39, 0.29) is 0 Å². The summed E-state index contributed by atoms with van der Waals surface area (Å²) < 4.78 is 0.795. The van der Waals surface area contributed by atoms with Crippen molar-refractivity contribution in [1.82, 2.24) is 15.0 Å². The first-order valence-corrected chi connectivity index (χ1v) is 7.53. The van der Waals surface area contributed by atoms with Crippen molar-refractivity contribution in [1.29, 1.82) is 0 Å². The third-order valence-electron chi connectivity index (χ3n) is 2.75. The van der Waals surface area contributed by atoms with E-state index in [4.69, 9.17) is 11.6 Å². The predicted molar refractivity (Wildman–Crippen MR) is 79.4 cm³/mol. The summed E-state index contributed by atoms with van der Waals surface area (Å²) in [7, 11) is 0. The molecule has 3 nitrogen and oxygen atoms in total. The van der Waals surface area contributed by atoms with E-state index in [1.54, 1.807) is 11.3 Å². The van der Waals surface area contributed by atoms with E-state index in [9.17, 15) is 0 Å². The minimum atomic E-state index is 0.314. The van der Waals surface area contributed by atoms with Crippen LogP contribution in [0.5, 0.6) is 0 Å². The number of fused-ring (bicyclic) bond motifs is 3. The molecule has 0 unspecified atom stereocenters. The Morgan fingerprint density at radius 2 is 1.89 bits per heavy atom. The van der Waals surface area contributed by atoms with Crippen LogP contribution in [0.4, 0.5) is 0 Å². The van der Waals surface area contributed by atoms with Crippen LogP contribution in [-0.4, -0.2) is 15.0 Å². The Morgan fingerprint density at radius 3 is 2.61 bits per heavy atom. The van der Waals surface area contributed by atoms with Crippen molar-refractivity contribution < 1.29 is 0 Å². The summed E-state index contributed by atoms with van der Waals surface area (Å²) in [5.41, 5.74) is 2.22. The SMILES string of the molecule is Cc1cc(C)c2c(n1)sc1nc(CCl)nc(Br)c12. The molecular weight excluding hydrogens is 334 g/mol. The molecule has 0 aliphatic rings. The smallest absolute Gasteiger partial charge is 0.146 e. The largest absolute Gasteiger partial charge is 0.242 e. The minimum Gasteiger partial charge on any atom is -0.242 e. The van der Waals surface area contributed by atoms with Crippen molar-refractivity contribution in [3.05, 3.63) is 27.8 Å². The van der Waals surface area contributed by atoms with E-state index in [0.29, 0.717) is 11.7 Å². The summed E-state index contributed by atoms with van der Waals surface area (Å²) in [4.78, 5) is 15.3. The van der Waals surface area contributed by atoms with E-state index in [1.807, 2.05) is 6.92 Å². The van der Waals surface area contributed by atoms with Crippen LogP contribution in [-0.2, 0) is 5.88 Å². The zero-order valence-electron chi connectivity index (χ0n) is 9.79. The molecule has 0 spiro atoms. The fraction of sp³-hybridized carbons (Fsp3) is 0.250. The summed E-state index contributed by atoms with van der Waals surface area (Å²) in [5, 5.41) is 2.17. The Labute approximate surface area is 121 Å². The molecule has 0 aliphatic heterocycles. The lowest BCUT2D eigenvalue weighted by atomic mass is 10.1. The molecule has 6 heteroatoms. The highest BCUT2D eigenvalue weighted by Gasteiger charge is 2.15. The van der Waals surface area contributed by atoms with Gasteiger partial charge in [-0.2, -0.15) is 0 Å². The van der Waals surface area contributed by atoms with Gasteiger partial charge >= 0.3 is 0 Å². The molecule has 92 valence electrons. The van der Waals surface area contributed by atoms with Crippen molar-refractivity contribution in [2.75, 3.05) is 0 Å². The first-order chi connectivity index (χ1) is 8.60. The van der Waals surface area contributed by atoms with E-state index in [1.165, 1.54) is 5.56 Å². The normalized spacial score (nSPS) is 11.6. The van der Waals surface area contributed by atoms with Crippen molar-refractivity contribution in [2.45, 2.75) is 19.7 Å². The molecule has 0 fully saturated rings. The lowest BCUT2D eigenvalue weighted by Crippen LogP contribution is -1.91. The summed E-state index contributed by atoms with van der Waals surface area (Å²) in [6.45, 7) is 4.09. The number of halogens is 2. The van der Waals surface area contributed by atoms with Crippen LogP contribution in [0.3, 0.4) is 0 Å². The van der Waals surface area contributed by atoms with Gasteiger partial charge in [-0.3, -0.25) is 0 Å². The summed E-state index contributed by atoms with van der Waals surface area (Å²) in [6.07, 6.45) is 0. The fourth-order valence-electron chi connectivity index (χ4n) is 2.07. The monoisotopic (exact) mass is 341 g/mol. The standard InChI is InChI=1S/C12H9BrClN3S/c1-5-3-6(2)15-11-8(5)9-10(13)16-7(4-14)17-12(9)18-11/h3H,4H2,1-2H3. The Balaban J connectivity index is 2.52. The van der Waals surface area contributed by atoms with Gasteiger partial charge in [0.2, 0.25) is 0 Å². The molecule has 3 aromatic heterocycles. The van der Waals surface area contributed by atoms with Gasteiger partial charge in [0, 0.05) is 11.1 Å². The second-order valence-corrected chi connectivity index (χ2v) is 6.10. The summed E-state index contributed by atoms with van der Waals surface area (Å²) in [6, 6.07) is 2.08. The molecule has 0 N–H and O–H groups in total. The number of hydrogen-bond acceptors (Lipinski definition) is 4. The average molecular weight is 343 g/mol. The van der Waals surface area contributed by atoms with Gasteiger partial charge in [0.15, 0.2) is 0 Å². The molecule has 0 aliphatic carbocycles. The number of hydrogen-bond donors (Lipinski definition) is 0. The van der Waals surface area contributed by atoms with Gasteiger partial charge in [-0.05, 0) is 41.4 Å². The van der Waals surface area contributed by atoms with E-state index >= 15 is 0 Å². The van der Waals surface area contributed by atoms with Gasteiger partial charge in [-0.1, -0.05) is 11.3 Å². The third kappa shape index (κ3) is 1.81. The second kappa shape index (κ2) is 4.40. The Hall–Kier alpha value is -0.780. The topological polar surface area (TPSA) is 38.7 Å². The molecule has 0 atom stereocenters. The highest BCUT2D eigenvalue weighted by Crippen LogP contribution is 2.37. The number of aromatic nitrogens is 3. The van der Waals surface area contributed by atoms with Gasteiger partial charge < -0.3 is 0 Å². The number of thiophene rings is 1. The predicted octanol–water partition coefficient (Wildman–Crippen LogP) is 4.36. The Morgan fingerprint density at radius 1 is 1.17 bits per heavy atom. The highest BCUT2D eigenvalue weighted by molar-refractivity contribution is 9.10. The van der Waals surface area contributed by atoms with E-state index in [2.05, 4.69) is 43.9 Å². The Kier molecular flexibility index (Phi) is 3.00. The van der Waals surface area contributed by atoms with Crippen molar-refractivity contribution in [3.8, 4) is 0 Å². The molecule has 18 heavy (non-hydrogen) atoms. The Bertz CT molecular complexity index is 769. The molecule has 0 aromatic carbocycles. The van der Waals surface area contributed by atoms with Crippen LogP contribution in [0.25, 0.3) is 20.4 Å². The molecule has 0 saturated heterocycles. The molecule has 0 bridgehead atoms. The van der Waals surface area contributed by atoms with Crippen molar-refractivity contribution >= 4 is 59.3 Å². The number of alkyl halides is 1. The zero-order chi connectivity index (χ0) is 12.9. The van der Waals surface area contributed by atoms with Crippen LogP contribution in [0.2, 0.25) is 0 Å². The minimum absolute atomic E-state index is 0.314. The van der Waals surface area contributed by atoms with E-state index in [0.717, 1.165) is 30.7 Å². The zero-order valence-corrected chi connectivity index (χ0v) is 12.9. The second-order valence-electron chi connectivity index (χ2n) is 4.11. The summed E-state index contributed by atoms with van der Waals surface area (Å²) >= 11 is 10.9. The van der Waals surface area contributed by atoms with Gasteiger partial charge in [0.1, 0.15) is 20.1 Å².